The molecule has 0 fully saturated rings. The van der Waals surface area contributed by atoms with Gasteiger partial charge in [0.25, 0.3) is 0 Å². The van der Waals surface area contributed by atoms with Crippen LogP contribution in [0.1, 0.15) is 28.0 Å². The van der Waals surface area contributed by atoms with Gasteiger partial charge in [0.05, 0.1) is 11.0 Å². The highest BCUT2D eigenvalue weighted by atomic mass is 35.5. The van der Waals surface area contributed by atoms with Crippen molar-refractivity contribution >= 4 is 17.0 Å². The van der Waals surface area contributed by atoms with Crippen LogP contribution in [0.25, 0.3) is 11.1 Å². The van der Waals surface area contributed by atoms with Crippen LogP contribution in [0.4, 0.5) is 4.79 Å². The smallest absolute Gasteiger partial charge is 0.403 e. The second kappa shape index (κ2) is 4.46. The predicted molar refractivity (Wildman–Crippen MR) is 70.9 cm³/mol. The zero-order chi connectivity index (χ0) is 19.5. The van der Waals surface area contributed by atoms with E-state index >= 15 is 0 Å². The lowest BCUT2D eigenvalue weighted by molar-refractivity contribution is 0.170. The molecule has 0 saturated heterocycles. The minimum atomic E-state index is -1.12. The summed E-state index contributed by atoms with van der Waals surface area (Å²) in [6.45, 7) is -0.410. The topological polar surface area (TPSA) is 26.3 Å². The van der Waals surface area contributed by atoms with Crippen molar-refractivity contribution in [2.24, 2.45) is 0 Å². The molecule has 2 aromatic carbocycles. The molecule has 1 aliphatic rings. The van der Waals surface area contributed by atoms with Crippen LogP contribution < -0.4 is 0 Å². The van der Waals surface area contributed by atoms with Gasteiger partial charge in [0.2, 0.25) is 0 Å². The van der Waals surface area contributed by atoms with Crippen molar-refractivity contribution in [1.29, 1.82) is 0 Å². The van der Waals surface area contributed by atoms with Gasteiger partial charge in [-0.2, -0.15) is 0 Å². The summed E-state index contributed by atoms with van der Waals surface area (Å²) in [5.41, 5.74) is -1.00. The first-order valence-electron chi connectivity index (χ1n) is 9.12. The summed E-state index contributed by atoms with van der Waals surface area (Å²) in [7, 11) is 0. The standard InChI is InChI=1S/C15H11ClO2/c16-15(17)18-9-14-12-7-3-1-5-10(12)11-6-2-4-8-13(11)14/h1-8,14H,9H2/i1D,2D,3D,4D,5D,6D,7D,8D. The molecule has 2 nitrogen and oxygen atoms in total. The van der Waals surface area contributed by atoms with Gasteiger partial charge >= 0.3 is 5.43 Å². The Bertz CT molecular complexity index is 906. The largest absolute Gasteiger partial charge is 0.453 e. The van der Waals surface area contributed by atoms with E-state index in [1.165, 1.54) is 0 Å². The van der Waals surface area contributed by atoms with E-state index in [0.29, 0.717) is 0 Å². The van der Waals surface area contributed by atoms with Crippen LogP contribution in [0.5, 0.6) is 0 Å². The van der Waals surface area contributed by atoms with E-state index in [-0.39, 0.29) is 34.3 Å². The zero-order valence-corrected chi connectivity index (χ0v) is 9.73. The number of ether oxygens (including phenoxy) is 1. The average molecular weight is 267 g/mol. The molecule has 0 atom stereocenters. The van der Waals surface area contributed by atoms with E-state index in [1.54, 1.807) is 0 Å². The SMILES string of the molecule is [2H]c1c([2H])c([2H])c2c(c1[2H])-c1c([2H])c([2H])c([2H])c([2H])c1C2COC(=O)Cl. The van der Waals surface area contributed by atoms with E-state index in [9.17, 15) is 4.79 Å². The molecule has 1 aliphatic carbocycles. The number of carbonyl (C=O) groups excluding carboxylic acids is 1. The molecule has 3 rings (SSSR count). The van der Waals surface area contributed by atoms with Crippen molar-refractivity contribution in [1.82, 2.24) is 0 Å². The molecule has 0 N–H and O–H groups in total. The third-order valence-corrected chi connectivity index (χ3v) is 2.85. The molecule has 3 heteroatoms. The molecule has 0 heterocycles. The first-order chi connectivity index (χ1) is 12.1. The van der Waals surface area contributed by atoms with E-state index in [0.717, 1.165) is 0 Å². The summed E-state index contributed by atoms with van der Waals surface area (Å²) in [4.78, 5) is 11.0. The molecule has 2 aromatic rings. The fraction of sp³-hybridized carbons (Fsp3) is 0.133. The summed E-state index contributed by atoms with van der Waals surface area (Å²) in [6.07, 6.45) is 0. The van der Waals surface area contributed by atoms with Gasteiger partial charge in [-0.15, -0.1) is 0 Å². The van der Waals surface area contributed by atoms with Gasteiger partial charge in [-0.1, -0.05) is 48.3 Å². The Kier molecular flexibility index (Phi) is 1.35. The second-order valence-corrected chi connectivity index (χ2v) is 3.99. The van der Waals surface area contributed by atoms with Gasteiger partial charge in [0.15, 0.2) is 0 Å². The van der Waals surface area contributed by atoms with Crippen molar-refractivity contribution in [2.45, 2.75) is 5.92 Å². The van der Waals surface area contributed by atoms with E-state index in [2.05, 4.69) is 0 Å². The van der Waals surface area contributed by atoms with Crippen molar-refractivity contribution in [3.8, 4) is 11.1 Å². The Hall–Kier alpha value is -1.80. The van der Waals surface area contributed by atoms with Crippen LogP contribution in [-0.2, 0) is 4.74 Å². The van der Waals surface area contributed by atoms with E-state index in [1.807, 2.05) is 0 Å². The van der Waals surface area contributed by atoms with E-state index in [4.69, 9.17) is 27.3 Å². The Morgan fingerprint density at radius 1 is 1.11 bits per heavy atom. The highest BCUT2D eigenvalue weighted by Gasteiger charge is 2.28. The molecular formula is C15H11ClO2. The normalized spacial score (nSPS) is 19.2. The lowest BCUT2D eigenvalue weighted by Crippen LogP contribution is -2.07. The van der Waals surface area contributed by atoms with Gasteiger partial charge in [0.1, 0.15) is 6.61 Å². The third-order valence-electron chi connectivity index (χ3n) is 2.74. The quantitative estimate of drug-likeness (QED) is 0.763. The minimum Gasteiger partial charge on any atom is -0.453 e. The number of fused-ring (bicyclic) bond motifs is 3. The van der Waals surface area contributed by atoms with Crippen molar-refractivity contribution in [3.05, 3.63) is 59.5 Å². The molecule has 0 saturated carbocycles. The van der Waals surface area contributed by atoms with Crippen LogP contribution in [0.15, 0.2) is 48.3 Å². The summed E-state index contributed by atoms with van der Waals surface area (Å²) >= 11 is 5.20. The molecule has 0 aliphatic heterocycles. The summed E-state index contributed by atoms with van der Waals surface area (Å²) in [5.74, 6) is -0.981. The predicted octanol–water partition coefficient (Wildman–Crippen LogP) is 4.17. The summed E-state index contributed by atoms with van der Waals surface area (Å²) in [5, 5.41) is 0. The lowest BCUT2D eigenvalue weighted by Gasteiger charge is -2.12. The molecule has 0 radical (unpaired) electrons. The molecule has 18 heavy (non-hydrogen) atoms. The number of carbonyl (C=O) groups is 1. The van der Waals surface area contributed by atoms with Crippen molar-refractivity contribution < 1.29 is 20.5 Å². The van der Waals surface area contributed by atoms with Crippen LogP contribution in [-0.4, -0.2) is 12.0 Å². The first-order valence-corrected chi connectivity index (χ1v) is 5.50. The van der Waals surface area contributed by atoms with Crippen LogP contribution >= 0.6 is 11.6 Å². The molecule has 0 bridgehead atoms. The fourth-order valence-electron chi connectivity index (χ4n) is 2.02. The maximum Gasteiger partial charge on any atom is 0.403 e. The van der Waals surface area contributed by atoms with Gasteiger partial charge < -0.3 is 4.74 Å². The Labute approximate surface area is 121 Å². The van der Waals surface area contributed by atoms with Gasteiger partial charge in [-0.05, 0) is 22.3 Å². The monoisotopic (exact) mass is 266 g/mol. The van der Waals surface area contributed by atoms with Gasteiger partial charge in [-0.25, -0.2) is 4.79 Å². The van der Waals surface area contributed by atoms with Crippen LogP contribution in [0.2, 0.25) is 0 Å². The van der Waals surface area contributed by atoms with Gasteiger partial charge in [0, 0.05) is 17.5 Å². The molecule has 0 unspecified atom stereocenters. The molecule has 0 amide bonds. The number of hydrogen-bond acceptors (Lipinski definition) is 2. The summed E-state index contributed by atoms with van der Waals surface area (Å²) < 4.78 is 68.9. The Balaban J connectivity index is 2.45. The Morgan fingerprint density at radius 2 is 1.61 bits per heavy atom. The highest BCUT2D eigenvalue weighted by molar-refractivity contribution is 6.61. The van der Waals surface area contributed by atoms with Crippen LogP contribution in [0.3, 0.4) is 0 Å². The molecular weight excluding hydrogens is 248 g/mol. The van der Waals surface area contributed by atoms with Crippen molar-refractivity contribution in [2.75, 3.05) is 6.61 Å². The second-order valence-electron chi connectivity index (χ2n) is 3.68. The van der Waals surface area contributed by atoms with Crippen molar-refractivity contribution in [3.63, 3.8) is 0 Å². The first kappa shape index (κ1) is 5.45. The third kappa shape index (κ3) is 1.79. The Morgan fingerprint density at radius 3 is 2.11 bits per heavy atom. The number of rotatable bonds is 2. The average Bonchev–Trinajstić information content (AvgIpc) is 2.94. The van der Waals surface area contributed by atoms with Crippen LogP contribution in [0, 0.1) is 0 Å². The summed E-state index contributed by atoms with van der Waals surface area (Å²) in [6, 6.07) is -3.62. The maximum absolute atomic E-state index is 11.0. The highest BCUT2D eigenvalue weighted by Crippen LogP contribution is 2.44. The van der Waals surface area contributed by atoms with E-state index < -0.39 is 54.2 Å². The molecule has 0 spiro atoms. The minimum absolute atomic E-state index is 0.00591. The van der Waals surface area contributed by atoms with Gasteiger partial charge in [-0.3, -0.25) is 0 Å². The number of halogens is 1. The molecule has 90 valence electrons. The number of benzene rings is 2. The maximum atomic E-state index is 11.0. The lowest BCUT2D eigenvalue weighted by atomic mass is 9.98. The zero-order valence-electron chi connectivity index (χ0n) is 17.0. The molecule has 0 aromatic heterocycles. The fourth-order valence-corrected chi connectivity index (χ4v) is 2.08. The number of hydrogen-bond donors (Lipinski definition) is 0.